The van der Waals surface area contributed by atoms with Crippen molar-refractivity contribution in [1.29, 1.82) is 0 Å². The summed E-state index contributed by atoms with van der Waals surface area (Å²) in [7, 11) is 0. The monoisotopic (exact) mass is 356 g/mol. The van der Waals surface area contributed by atoms with Gasteiger partial charge in [0.1, 0.15) is 0 Å². The number of rotatable bonds is 7. The van der Waals surface area contributed by atoms with E-state index in [2.05, 4.69) is 28.2 Å². The summed E-state index contributed by atoms with van der Waals surface area (Å²) in [5, 5.41) is 27.3. The van der Waals surface area contributed by atoms with Gasteiger partial charge in [0.25, 0.3) is 0 Å². The number of thiazole rings is 1. The van der Waals surface area contributed by atoms with Gasteiger partial charge in [0.15, 0.2) is 0 Å². The van der Waals surface area contributed by atoms with E-state index in [1.165, 1.54) is 16.9 Å². The average Bonchev–Trinajstić information content (AvgIpc) is 3.02. The van der Waals surface area contributed by atoms with Crippen molar-refractivity contribution in [2.75, 3.05) is 31.2 Å². The van der Waals surface area contributed by atoms with Gasteiger partial charge < -0.3 is 15.1 Å². The maximum absolute atomic E-state index is 9.10. The Bertz CT molecular complexity index is 855. The van der Waals surface area contributed by atoms with E-state index in [-0.39, 0.29) is 13.2 Å². The Morgan fingerprint density at radius 3 is 2.40 bits per heavy atom. The quantitative estimate of drug-likeness (QED) is 0.631. The molecule has 6 nitrogen and oxygen atoms in total. The molecule has 1 heterocycles. The van der Waals surface area contributed by atoms with Crippen molar-refractivity contribution in [2.24, 2.45) is 10.2 Å². The maximum atomic E-state index is 9.10. The minimum Gasteiger partial charge on any atom is -0.395 e. The molecule has 3 aromatic rings. The summed E-state index contributed by atoms with van der Waals surface area (Å²) in [5.41, 5.74) is 3.79. The zero-order chi connectivity index (χ0) is 17.6. The highest BCUT2D eigenvalue weighted by molar-refractivity contribution is 7.21. The zero-order valence-corrected chi connectivity index (χ0v) is 14.8. The Labute approximate surface area is 150 Å². The van der Waals surface area contributed by atoms with Crippen LogP contribution in [0.15, 0.2) is 52.7 Å². The molecule has 7 heteroatoms. The molecule has 130 valence electrons. The fourth-order valence-electron chi connectivity index (χ4n) is 2.50. The molecule has 0 saturated carbocycles. The van der Waals surface area contributed by atoms with Crippen molar-refractivity contribution in [1.82, 2.24) is 4.98 Å². The van der Waals surface area contributed by atoms with Gasteiger partial charge in [0.05, 0.1) is 29.1 Å². The van der Waals surface area contributed by atoms with Gasteiger partial charge in [-0.3, -0.25) is 0 Å². The summed E-state index contributed by atoms with van der Waals surface area (Å²) < 4.78 is 1.10. The van der Waals surface area contributed by atoms with Crippen LogP contribution in [0.4, 0.5) is 16.5 Å². The van der Waals surface area contributed by atoms with E-state index in [1.54, 1.807) is 0 Å². The normalized spacial score (nSPS) is 11.5. The summed E-state index contributed by atoms with van der Waals surface area (Å²) in [6, 6.07) is 13.6. The lowest BCUT2D eigenvalue weighted by atomic mass is 10.2. The highest BCUT2D eigenvalue weighted by Gasteiger charge is 2.06. The van der Waals surface area contributed by atoms with Gasteiger partial charge in [-0.15, -0.1) is 10.2 Å². The van der Waals surface area contributed by atoms with Gasteiger partial charge >= 0.3 is 0 Å². The summed E-state index contributed by atoms with van der Waals surface area (Å²) in [6.07, 6.45) is 0. The topological polar surface area (TPSA) is 81.3 Å². The molecular weight excluding hydrogens is 336 g/mol. The molecule has 0 saturated heterocycles. The number of aryl methyl sites for hydroxylation is 1. The molecule has 0 amide bonds. The van der Waals surface area contributed by atoms with Crippen molar-refractivity contribution in [3.63, 3.8) is 0 Å². The lowest BCUT2D eigenvalue weighted by Crippen LogP contribution is -2.29. The van der Waals surface area contributed by atoms with Crippen LogP contribution in [0.2, 0.25) is 0 Å². The summed E-state index contributed by atoms with van der Waals surface area (Å²) in [6.45, 7) is 3.09. The fraction of sp³-hybridized carbons (Fsp3) is 0.278. The molecule has 0 aliphatic rings. The maximum Gasteiger partial charge on any atom is 0.231 e. The first kappa shape index (κ1) is 17.5. The molecule has 2 N–H and O–H groups in total. The molecule has 1 aromatic heterocycles. The lowest BCUT2D eigenvalue weighted by Gasteiger charge is -2.22. The Hall–Kier alpha value is -2.35. The van der Waals surface area contributed by atoms with E-state index in [0.29, 0.717) is 18.2 Å². The fourth-order valence-corrected chi connectivity index (χ4v) is 3.39. The van der Waals surface area contributed by atoms with E-state index in [4.69, 9.17) is 10.2 Å². The second-order valence-corrected chi connectivity index (χ2v) is 6.63. The molecule has 3 rings (SSSR count). The van der Waals surface area contributed by atoms with Crippen molar-refractivity contribution < 1.29 is 10.2 Å². The van der Waals surface area contributed by atoms with Gasteiger partial charge in [-0.2, -0.15) is 0 Å². The molecule has 2 aromatic carbocycles. The first-order valence-corrected chi connectivity index (χ1v) is 8.87. The van der Waals surface area contributed by atoms with Crippen LogP contribution in [0.5, 0.6) is 0 Å². The predicted molar refractivity (Wildman–Crippen MR) is 101 cm³/mol. The number of anilines is 1. The number of azo groups is 1. The smallest absolute Gasteiger partial charge is 0.231 e. The molecule has 25 heavy (non-hydrogen) atoms. The molecular formula is C18H20N4O2S. The molecule has 0 unspecified atom stereocenters. The minimum atomic E-state index is 0.0402. The molecule has 0 aliphatic carbocycles. The third kappa shape index (κ3) is 4.39. The number of fused-ring (bicyclic) bond motifs is 1. The van der Waals surface area contributed by atoms with Crippen molar-refractivity contribution in [3.8, 4) is 0 Å². The summed E-state index contributed by atoms with van der Waals surface area (Å²) in [4.78, 5) is 6.37. The van der Waals surface area contributed by atoms with E-state index < -0.39 is 0 Å². The van der Waals surface area contributed by atoms with E-state index in [1.807, 2.05) is 41.3 Å². The second kappa shape index (κ2) is 8.15. The van der Waals surface area contributed by atoms with Crippen LogP contribution in [0.3, 0.4) is 0 Å². The number of benzene rings is 2. The molecule has 0 atom stereocenters. The second-order valence-electron chi connectivity index (χ2n) is 5.62. The lowest BCUT2D eigenvalue weighted by molar-refractivity contribution is 0.281. The standard InChI is InChI=1S/C18H20N4O2S/c1-13-2-7-16-17(12-13)25-18(19-16)21-20-14-3-5-15(6-4-14)22(8-10-23)9-11-24/h2-7,12,23-24H,8-11H2,1H3. The van der Waals surface area contributed by atoms with Crippen LogP contribution in [-0.4, -0.2) is 41.5 Å². The van der Waals surface area contributed by atoms with Crippen LogP contribution < -0.4 is 4.90 Å². The largest absolute Gasteiger partial charge is 0.395 e. The van der Waals surface area contributed by atoms with Crippen molar-refractivity contribution in [3.05, 3.63) is 48.0 Å². The van der Waals surface area contributed by atoms with Crippen LogP contribution in [-0.2, 0) is 0 Å². The highest BCUT2D eigenvalue weighted by Crippen LogP contribution is 2.30. The Morgan fingerprint density at radius 2 is 1.72 bits per heavy atom. The van der Waals surface area contributed by atoms with Gasteiger partial charge in [-0.25, -0.2) is 4.98 Å². The Balaban J connectivity index is 1.74. The molecule has 0 radical (unpaired) electrons. The van der Waals surface area contributed by atoms with Gasteiger partial charge in [-0.1, -0.05) is 17.4 Å². The van der Waals surface area contributed by atoms with Crippen LogP contribution in [0.25, 0.3) is 10.2 Å². The Morgan fingerprint density at radius 1 is 1.00 bits per heavy atom. The summed E-state index contributed by atoms with van der Waals surface area (Å²) >= 11 is 1.52. The zero-order valence-electron chi connectivity index (χ0n) is 14.0. The van der Waals surface area contributed by atoms with E-state index in [9.17, 15) is 0 Å². The van der Waals surface area contributed by atoms with E-state index in [0.717, 1.165) is 21.6 Å². The van der Waals surface area contributed by atoms with Gasteiger partial charge in [0, 0.05) is 18.8 Å². The highest BCUT2D eigenvalue weighted by atomic mass is 32.1. The van der Waals surface area contributed by atoms with Gasteiger partial charge in [0.2, 0.25) is 5.13 Å². The van der Waals surface area contributed by atoms with Gasteiger partial charge in [-0.05, 0) is 48.9 Å². The minimum absolute atomic E-state index is 0.0402. The SMILES string of the molecule is Cc1ccc2nc(N=Nc3ccc(N(CCO)CCO)cc3)sc2c1. The number of hydrogen-bond acceptors (Lipinski definition) is 7. The first-order valence-electron chi connectivity index (χ1n) is 8.05. The van der Waals surface area contributed by atoms with Crippen molar-refractivity contribution in [2.45, 2.75) is 6.92 Å². The number of hydrogen-bond donors (Lipinski definition) is 2. The predicted octanol–water partition coefficient (Wildman–Crippen LogP) is 3.81. The van der Waals surface area contributed by atoms with Crippen LogP contribution in [0.1, 0.15) is 5.56 Å². The molecule has 0 fully saturated rings. The number of nitrogens with zero attached hydrogens (tertiary/aromatic N) is 4. The first-order chi connectivity index (χ1) is 12.2. The van der Waals surface area contributed by atoms with Crippen LogP contribution >= 0.6 is 11.3 Å². The molecule has 0 bridgehead atoms. The molecule has 0 aliphatic heterocycles. The van der Waals surface area contributed by atoms with Crippen LogP contribution in [0, 0.1) is 6.92 Å². The van der Waals surface area contributed by atoms with Crippen molar-refractivity contribution >= 4 is 38.1 Å². The number of aliphatic hydroxyl groups is 2. The number of aromatic nitrogens is 1. The van der Waals surface area contributed by atoms with E-state index >= 15 is 0 Å². The third-order valence-electron chi connectivity index (χ3n) is 3.74. The number of aliphatic hydroxyl groups excluding tert-OH is 2. The third-order valence-corrected chi connectivity index (χ3v) is 4.64. The Kier molecular flexibility index (Phi) is 5.70. The summed E-state index contributed by atoms with van der Waals surface area (Å²) in [5.74, 6) is 0. The average molecular weight is 356 g/mol. The molecule has 0 spiro atoms.